The molecule has 4 rings (SSSR count). The van der Waals surface area contributed by atoms with Crippen molar-refractivity contribution >= 4 is 29.4 Å². The quantitative estimate of drug-likeness (QED) is 0.739. The first-order chi connectivity index (χ1) is 11.6. The second-order valence-electron chi connectivity index (χ2n) is 5.74. The zero-order valence-electron chi connectivity index (χ0n) is 13.1. The van der Waals surface area contributed by atoms with Crippen molar-refractivity contribution < 1.29 is 14.3 Å². The molecule has 4 nitrogen and oxygen atoms in total. The van der Waals surface area contributed by atoms with Gasteiger partial charge in [0.05, 0.1) is 0 Å². The largest absolute Gasteiger partial charge is 0.426 e. The first-order valence-corrected chi connectivity index (χ1v) is 8.61. The first-order valence-electron chi connectivity index (χ1n) is 7.67. The highest BCUT2D eigenvalue weighted by atomic mass is 32.2. The predicted octanol–water partition coefficient (Wildman–Crippen LogP) is 3.95. The second-order valence-corrected chi connectivity index (χ2v) is 6.70. The van der Waals surface area contributed by atoms with Crippen LogP contribution in [0.5, 0.6) is 0 Å². The molecule has 0 radical (unpaired) electrons. The molecule has 0 bridgehead atoms. The Morgan fingerprint density at radius 2 is 1.83 bits per heavy atom. The number of nitrogens with zero attached hydrogens (tertiary/aromatic N) is 1. The Bertz CT molecular complexity index is 874. The number of carbonyl (C=O) groups is 2. The van der Waals surface area contributed by atoms with E-state index in [2.05, 4.69) is 0 Å². The van der Waals surface area contributed by atoms with Gasteiger partial charge in [-0.15, -0.1) is 11.8 Å². The monoisotopic (exact) mass is 337 g/mol. The van der Waals surface area contributed by atoms with Gasteiger partial charge in [-0.05, 0) is 17.2 Å². The van der Waals surface area contributed by atoms with Crippen LogP contribution >= 0.6 is 11.8 Å². The van der Waals surface area contributed by atoms with Crippen LogP contribution in [0.4, 0.5) is 0 Å². The summed E-state index contributed by atoms with van der Waals surface area (Å²) >= 11 is 1.49. The summed E-state index contributed by atoms with van der Waals surface area (Å²) in [7, 11) is 0. The van der Waals surface area contributed by atoms with Gasteiger partial charge in [0.15, 0.2) is 0 Å². The van der Waals surface area contributed by atoms with Crippen molar-refractivity contribution in [2.45, 2.75) is 18.8 Å². The molecule has 1 atom stereocenters. The summed E-state index contributed by atoms with van der Waals surface area (Å²) in [5, 5.41) is 1.74. The number of carbonyl (C=O) groups excluding carboxylic acids is 2. The van der Waals surface area contributed by atoms with E-state index < -0.39 is 0 Å². The molecule has 0 N–H and O–H groups in total. The van der Waals surface area contributed by atoms with Crippen LogP contribution in [0.25, 0.3) is 5.76 Å². The minimum Gasteiger partial charge on any atom is -0.426 e. The number of rotatable bonds is 1. The fourth-order valence-electron chi connectivity index (χ4n) is 3.14. The van der Waals surface area contributed by atoms with Crippen molar-refractivity contribution in [2.24, 2.45) is 0 Å². The normalized spacial score (nSPS) is 18.7. The summed E-state index contributed by atoms with van der Waals surface area (Å²) in [6, 6.07) is 15.4. The van der Waals surface area contributed by atoms with E-state index >= 15 is 0 Å². The van der Waals surface area contributed by atoms with Crippen LogP contribution in [0.1, 0.15) is 39.3 Å². The summed E-state index contributed by atoms with van der Waals surface area (Å²) in [4.78, 5) is 26.1. The summed E-state index contributed by atoms with van der Waals surface area (Å²) in [5.74, 6) is 0.235. The fraction of sp³-hybridized carbons (Fsp3) is 0.158. The van der Waals surface area contributed by atoms with E-state index in [-0.39, 0.29) is 17.3 Å². The lowest BCUT2D eigenvalue weighted by Gasteiger charge is -2.27. The van der Waals surface area contributed by atoms with Gasteiger partial charge in [0, 0.05) is 30.0 Å². The van der Waals surface area contributed by atoms with Gasteiger partial charge in [-0.2, -0.15) is 0 Å². The van der Waals surface area contributed by atoms with Crippen LogP contribution < -0.4 is 0 Å². The van der Waals surface area contributed by atoms with Gasteiger partial charge >= 0.3 is 5.97 Å². The van der Waals surface area contributed by atoms with E-state index in [9.17, 15) is 9.59 Å². The molecule has 120 valence electrons. The molecular formula is C19H15NO3S. The number of amides is 1. The Morgan fingerprint density at radius 1 is 1.12 bits per heavy atom. The summed E-state index contributed by atoms with van der Waals surface area (Å²) < 4.78 is 5.41. The van der Waals surface area contributed by atoms with Crippen LogP contribution in [0.3, 0.4) is 0 Å². The maximum atomic E-state index is 12.8. The third-order valence-electron chi connectivity index (χ3n) is 4.18. The minimum absolute atomic E-state index is 0.0437. The molecule has 2 aromatic carbocycles. The van der Waals surface area contributed by atoms with Crippen molar-refractivity contribution in [3.63, 3.8) is 0 Å². The summed E-state index contributed by atoms with van der Waals surface area (Å²) in [5.41, 5.74) is 3.57. The standard InChI is InChI=1S/C19H15NO3S/c1-12(21)23-17-11-24-19-16-9-5-4-8-15(16)18(22)20(19)10-13-6-2-3-7-14(13)17/h2-9,11,19H,10H2,1H3. The Hall–Kier alpha value is -2.53. The lowest BCUT2D eigenvalue weighted by molar-refractivity contribution is -0.134. The van der Waals surface area contributed by atoms with Crippen LogP contribution in [0.15, 0.2) is 53.9 Å². The molecule has 0 saturated heterocycles. The van der Waals surface area contributed by atoms with Gasteiger partial charge in [-0.3, -0.25) is 9.59 Å². The number of ether oxygens (including phenoxy) is 1. The molecule has 0 aliphatic carbocycles. The zero-order chi connectivity index (χ0) is 16.7. The number of benzene rings is 2. The van der Waals surface area contributed by atoms with Gasteiger partial charge in [0.2, 0.25) is 0 Å². The number of fused-ring (bicyclic) bond motifs is 4. The molecule has 2 aliphatic rings. The third kappa shape index (κ3) is 2.41. The summed E-state index contributed by atoms with van der Waals surface area (Å²) in [6.07, 6.45) is 0. The molecule has 0 fully saturated rings. The van der Waals surface area contributed by atoms with Gasteiger partial charge in [0.1, 0.15) is 11.1 Å². The van der Waals surface area contributed by atoms with Crippen molar-refractivity contribution in [1.29, 1.82) is 0 Å². The van der Waals surface area contributed by atoms with Crippen molar-refractivity contribution in [3.8, 4) is 0 Å². The maximum absolute atomic E-state index is 12.8. The van der Waals surface area contributed by atoms with Gasteiger partial charge in [0.25, 0.3) is 5.91 Å². The Labute approximate surface area is 144 Å². The molecule has 0 spiro atoms. The smallest absolute Gasteiger partial charge is 0.308 e. The molecule has 5 heteroatoms. The lowest BCUT2D eigenvalue weighted by Crippen LogP contribution is -2.27. The molecule has 0 saturated carbocycles. The number of hydrogen-bond acceptors (Lipinski definition) is 4. The first kappa shape index (κ1) is 15.0. The lowest BCUT2D eigenvalue weighted by atomic mass is 10.1. The van der Waals surface area contributed by atoms with E-state index in [0.29, 0.717) is 12.3 Å². The highest BCUT2D eigenvalue weighted by Crippen LogP contribution is 2.45. The molecule has 0 aromatic heterocycles. The number of esters is 1. The third-order valence-corrected chi connectivity index (χ3v) is 5.30. The highest BCUT2D eigenvalue weighted by molar-refractivity contribution is 8.02. The Kier molecular flexibility index (Phi) is 3.65. The van der Waals surface area contributed by atoms with Crippen molar-refractivity contribution in [1.82, 2.24) is 4.90 Å². The number of hydrogen-bond donors (Lipinski definition) is 0. The van der Waals surface area contributed by atoms with Gasteiger partial charge in [-0.25, -0.2) is 0 Å². The Balaban J connectivity index is 1.82. The van der Waals surface area contributed by atoms with Gasteiger partial charge < -0.3 is 9.64 Å². The van der Waals surface area contributed by atoms with Crippen LogP contribution in [-0.4, -0.2) is 16.8 Å². The average molecular weight is 337 g/mol. The minimum atomic E-state index is -0.350. The summed E-state index contributed by atoms with van der Waals surface area (Å²) in [6.45, 7) is 1.88. The van der Waals surface area contributed by atoms with Crippen LogP contribution in [0.2, 0.25) is 0 Å². The molecule has 1 unspecified atom stereocenters. The van der Waals surface area contributed by atoms with E-state index in [1.165, 1.54) is 18.7 Å². The van der Waals surface area contributed by atoms with E-state index in [1.807, 2.05) is 58.8 Å². The highest BCUT2D eigenvalue weighted by Gasteiger charge is 2.37. The molecular weight excluding hydrogens is 322 g/mol. The van der Waals surface area contributed by atoms with Crippen molar-refractivity contribution in [2.75, 3.05) is 0 Å². The average Bonchev–Trinajstić information content (AvgIpc) is 2.82. The zero-order valence-corrected chi connectivity index (χ0v) is 13.9. The van der Waals surface area contributed by atoms with Crippen LogP contribution in [0, 0.1) is 0 Å². The molecule has 24 heavy (non-hydrogen) atoms. The molecule has 2 aliphatic heterocycles. The second kappa shape index (κ2) is 5.83. The van der Waals surface area contributed by atoms with E-state index in [4.69, 9.17) is 4.74 Å². The van der Waals surface area contributed by atoms with Crippen LogP contribution in [-0.2, 0) is 16.1 Å². The maximum Gasteiger partial charge on any atom is 0.308 e. The van der Waals surface area contributed by atoms with E-state index in [1.54, 1.807) is 0 Å². The SMILES string of the molecule is CC(=O)OC1=CSC2c3ccccc3C(=O)N2Cc2ccccc21. The Morgan fingerprint density at radius 3 is 2.62 bits per heavy atom. The molecule has 1 amide bonds. The fourth-order valence-corrected chi connectivity index (χ4v) is 4.24. The number of thioether (sulfide) groups is 1. The predicted molar refractivity (Wildman–Crippen MR) is 92.8 cm³/mol. The molecule has 2 aromatic rings. The van der Waals surface area contributed by atoms with E-state index in [0.717, 1.165) is 22.3 Å². The molecule has 2 heterocycles. The van der Waals surface area contributed by atoms with Gasteiger partial charge in [-0.1, -0.05) is 42.5 Å². The van der Waals surface area contributed by atoms with Crippen molar-refractivity contribution in [3.05, 3.63) is 76.2 Å². The topological polar surface area (TPSA) is 46.6 Å².